The van der Waals surface area contributed by atoms with E-state index < -0.39 is 54.2 Å². The number of amides is 3. The molecule has 12 nitrogen and oxygen atoms in total. The number of nitrogens with zero attached hydrogens (tertiary/aromatic N) is 1. The van der Waals surface area contributed by atoms with Crippen molar-refractivity contribution in [3.63, 3.8) is 0 Å². The number of nitrogens with one attached hydrogen (secondary N) is 2. The fourth-order valence-corrected chi connectivity index (χ4v) is 3.81. The van der Waals surface area contributed by atoms with Crippen LogP contribution < -0.4 is 37.3 Å². The Morgan fingerprint density at radius 2 is 1.30 bits per heavy atom. The van der Waals surface area contributed by atoms with Crippen molar-refractivity contribution in [1.29, 1.82) is 0 Å². The molecule has 244 valence electrons. The lowest BCUT2D eigenvalue weighted by molar-refractivity contribution is -0.275. The maximum absolute atomic E-state index is 13.2. The minimum Gasteiger partial charge on any atom is -0.406 e. The molecule has 44 heavy (non-hydrogen) atoms. The summed E-state index contributed by atoms with van der Waals surface area (Å²) >= 11 is 0. The number of alkyl halides is 6. The highest BCUT2D eigenvalue weighted by Gasteiger charge is 2.34. The summed E-state index contributed by atoms with van der Waals surface area (Å²) in [7, 11) is 0. The van der Waals surface area contributed by atoms with Gasteiger partial charge in [0.15, 0.2) is 0 Å². The van der Waals surface area contributed by atoms with Gasteiger partial charge in [0.2, 0.25) is 17.7 Å². The topological polar surface area (TPSA) is 195 Å². The molecule has 9 N–H and O–H groups in total. The predicted octanol–water partition coefficient (Wildman–Crippen LogP) is 1.49. The molecule has 2 aromatic carbocycles. The quantitative estimate of drug-likeness (QED) is 0.157. The van der Waals surface area contributed by atoms with E-state index in [1.165, 1.54) is 4.90 Å². The largest absolute Gasteiger partial charge is 0.573 e. The molecule has 3 atom stereocenters. The van der Waals surface area contributed by atoms with Gasteiger partial charge in [0, 0.05) is 38.3 Å². The van der Waals surface area contributed by atoms with E-state index in [1.807, 2.05) is 0 Å². The highest BCUT2D eigenvalue weighted by molar-refractivity contribution is 5.98. The molecule has 2 aromatic rings. The van der Waals surface area contributed by atoms with Gasteiger partial charge in [0.1, 0.15) is 23.6 Å². The van der Waals surface area contributed by atoms with E-state index in [9.17, 15) is 45.8 Å². The van der Waals surface area contributed by atoms with E-state index in [0.29, 0.717) is 0 Å². The molecule has 0 fully saturated rings. The highest BCUT2D eigenvalue weighted by atomic mass is 19.4. The van der Waals surface area contributed by atoms with Gasteiger partial charge in [-0.15, -0.1) is 26.3 Å². The first kappa shape index (κ1) is 36.1. The molecule has 0 saturated heterocycles. The zero-order valence-electron chi connectivity index (χ0n) is 23.0. The fourth-order valence-electron chi connectivity index (χ4n) is 3.81. The van der Waals surface area contributed by atoms with Crippen LogP contribution in [0.5, 0.6) is 11.5 Å². The predicted molar refractivity (Wildman–Crippen MR) is 144 cm³/mol. The fraction of sp³-hybridized carbons (Fsp3) is 0.423. The number of hydrogen-bond acceptors (Lipinski definition) is 9. The van der Waals surface area contributed by atoms with Crippen molar-refractivity contribution in [1.82, 2.24) is 10.2 Å². The molecule has 0 unspecified atom stereocenters. The second-order valence-corrected chi connectivity index (χ2v) is 9.21. The molecule has 0 aliphatic carbocycles. The van der Waals surface area contributed by atoms with Crippen LogP contribution in [0.25, 0.3) is 0 Å². The Morgan fingerprint density at radius 3 is 1.75 bits per heavy atom. The first-order chi connectivity index (χ1) is 20.5. The average Bonchev–Trinajstić information content (AvgIpc) is 2.93. The third kappa shape index (κ3) is 12.2. The number of aliphatic hydroxyl groups is 1. The van der Waals surface area contributed by atoms with E-state index in [-0.39, 0.29) is 56.2 Å². The lowest BCUT2D eigenvalue weighted by Gasteiger charge is -2.26. The van der Waals surface area contributed by atoms with Crippen LogP contribution >= 0.6 is 0 Å². The number of anilines is 1. The first-order valence-corrected chi connectivity index (χ1v) is 13.0. The van der Waals surface area contributed by atoms with Crippen LogP contribution in [0.4, 0.5) is 32.0 Å². The number of halogens is 6. The third-order valence-corrected chi connectivity index (χ3v) is 5.86. The van der Waals surface area contributed by atoms with E-state index in [4.69, 9.17) is 17.2 Å². The van der Waals surface area contributed by atoms with Gasteiger partial charge < -0.3 is 47.3 Å². The molecule has 3 amide bonds. The molecule has 0 saturated carbocycles. The summed E-state index contributed by atoms with van der Waals surface area (Å²) in [5.74, 6) is -3.61. The molecular weight excluding hydrogens is 606 g/mol. The van der Waals surface area contributed by atoms with Crippen LogP contribution in [0, 0.1) is 0 Å². The van der Waals surface area contributed by atoms with Crippen LogP contribution in [0.3, 0.4) is 0 Å². The lowest BCUT2D eigenvalue weighted by Crippen LogP contribution is -2.52. The van der Waals surface area contributed by atoms with E-state index in [0.717, 1.165) is 48.5 Å². The van der Waals surface area contributed by atoms with Crippen LogP contribution in [-0.2, 0) is 14.4 Å². The number of benzene rings is 2. The van der Waals surface area contributed by atoms with E-state index in [1.54, 1.807) is 0 Å². The van der Waals surface area contributed by atoms with Crippen molar-refractivity contribution in [3.8, 4) is 11.5 Å². The van der Waals surface area contributed by atoms with Crippen molar-refractivity contribution in [2.75, 3.05) is 31.5 Å². The SMILES string of the molecule is NCCN(CCN)C(=O)CC[C@H](N)C(=O)N[C@H](C(=O)Nc1ccc(OC(F)(F)F)cc1)[C@H](O)c1ccc(OC(F)(F)F)cc1. The number of rotatable bonds is 15. The molecule has 2 rings (SSSR count). The van der Waals surface area contributed by atoms with Crippen LogP contribution in [0.1, 0.15) is 24.5 Å². The smallest absolute Gasteiger partial charge is 0.406 e. The third-order valence-electron chi connectivity index (χ3n) is 5.86. The summed E-state index contributed by atoms with van der Waals surface area (Å²) in [6.07, 6.45) is -12.2. The van der Waals surface area contributed by atoms with Gasteiger partial charge in [-0.2, -0.15) is 0 Å². The zero-order valence-corrected chi connectivity index (χ0v) is 23.0. The van der Waals surface area contributed by atoms with Crippen molar-refractivity contribution >= 4 is 23.4 Å². The molecular formula is C26H32F6N6O6. The second kappa shape index (κ2) is 16.1. The minimum atomic E-state index is -4.99. The molecule has 18 heteroatoms. The minimum absolute atomic E-state index is 0.0558. The summed E-state index contributed by atoms with van der Waals surface area (Å²) < 4.78 is 82.4. The number of ether oxygens (including phenoxy) is 2. The van der Waals surface area contributed by atoms with Gasteiger partial charge in [0.05, 0.1) is 6.04 Å². The molecule has 0 aliphatic rings. The Labute approximate surface area is 247 Å². The van der Waals surface area contributed by atoms with Gasteiger partial charge in [0.25, 0.3) is 0 Å². The number of aliphatic hydroxyl groups excluding tert-OH is 1. The summed E-state index contributed by atoms with van der Waals surface area (Å²) in [6.45, 7) is 0.798. The van der Waals surface area contributed by atoms with Crippen molar-refractivity contribution < 1.29 is 55.3 Å². The number of carbonyl (C=O) groups excluding carboxylic acids is 3. The van der Waals surface area contributed by atoms with Crippen LogP contribution in [-0.4, -0.2) is 78.7 Å². The number of carbonyl (C=O) groups is 3. The molecule has 0 radical (unpaired) electrons. The van der Waals surface area contributed by atoms with Gasteiger partial charge in [-0.05, 0) is 48.4 Å². The Balaban J connectivity index is 2.22. The normalized spacial score (nSPS) is 13.8. The zero-order chi connectivity index (χ0) is 33.1. The number of hydrogen-bond donors (Lipinski definition) is 6. The van der Waals surface area contributed by atoms with Crippen LogP contribution in [0.2, 0.25) is 0 Å². The van der Waals surface area contributed by atoms with E-state index >= 15 is 0 Å². The monoisotopic (exact) mass is 638 g/mol. The van der Waals surface area contributed by atoms with Gasteiger partial charge in [-0.1, -0.05) is 12.1 Å². The van der Waals surface area contributed by atoms with Crippen LogP contribution in [0.15, 0.2) is 48.5 Å². The summed E-state index contributed by atoms with van der Waals surface area (Å²) in [5, 5.41) is 15.5. The van der Waals surface area contributed by atoms with Crippen molar-refractivity contribution in [3.05, 3.63) is 54.1 Å². The van der Waals surface area contributed by atoms with Gasteiger partial charge >= 0.3 is 12.7 Å². The lowest BCUT2D eigenvalue weighted by atomic mass is 10.00. The maximum Gasteiger partial charge on any atom is 0.573 e. The number of nitrogens with two attached hydrogens (primary N) is 3. The summed E-state index contributed by atoms with van der Waals surface area (Å²) in [6, 6.07) is 4.53. The molecule has 0 bridgehead atoms. The standard InChI is InChI=1S/C26H32F6N6O6/c27-25(28,29)43-17-5-1-15(2-6-17)22(40)21(24(42)36-16-3-7-18(8-4-16)44-26(30,31)32)37-23(41)19(35)9-10-20(39)38(13-11-33)14-12-34/h1-8,19,21-22,40H,9-14,33-35H2,(H,36,42)(H,37,41)/t19-,21-,22+/m0/s1. The summed E-state index contributed by atoms with van der Waals surface area (Å²) in [4.78, 5) is 39.9. The highest BCUT2D eigenvalue weighted by Crippen LogP contribution is 2.27. The maximum atomic E-state index is 13.2. The van der Waals surface area contributed by atoms with Crippen molar-refractivity contribution in [2.45, 2.75) is 43.8 Å². The Bertz CT molecular complexity index is 1220. The molecule has 0 heterocycles. The van der Waals surface area contributed by atoms with Gasteiger partial charge in [-0.3, -0.25) is 14.4 Å². The average molecular weight is 639 g/mol. The molecule has 0 aliphatic heterocycles. The Morgan fingerprint density at radius 1 is 0.818 bits per heavy atom. The Kier molecular flexibility index (Phi) is 13.2. The van der Waals surface area contributed by atoms with E-state index in [2.05, 4.69) is 20.1 Å². The second-order valence-electron chi connectivity index (χ2n) is 9.21. The van der Waals surface area contributed by atoms with Crippen molar-refractivity contribution in [2.24, 2.45) is 17.2 Å². The Hall–Kier alpha value is -4.13. The molecule has 0 aromatic heterocycles. The first-order valence-electron chi connectivity index (χ1n) is 13.0. The summed E-state index contributed by atoms with van der Waals surface area (Å²) in [5.41, 5.74) is 16.7. The molecule has 0 spiro atoms. The van der Waals surface area contributed by atoms with Gasteiger partial charge in [-0.25, -0.2) is 0 Å².